The Labute approximate surface area is 193 Å². The molecule has 11 heteroatoms. The smallest absolute Gasteiger partial charge is 0.327 e. The summed E-state index contributed by atoms with van der Waals surface area (Å²) in [6.45, 7) is 3.49. The van der Waals surface area contributed by atoms with Crippen LogP contribution in [0.1, 0.15) is 35.8 Å². The second-order valence-electron chi connectivity index (χ2n) is 8.29. The number of aliphatic carboxylic acids is 1. The molecule has 2 fully saturated rings. The Morgan fingerprint density at radius 3 is 2.52 bits per heavy atom. The molecule has 3 heterocycles. The van der Waals surface area contributed by atoms with Crippen LogP contribution < -0.4 is 10.6 Å². The first-order valence-electron chi connectivity index (χ1n) is 10.1. The van der Waals surface area contributed by atoms with Crippen LogP contribution in [-0.2, 0) is 14.4 Å². The van der Waals surface area contributed by atoms with E-state index in [1.807, 2.05) is 0 Å². The van der Waals surface area contributed by atoms with Gasteiger partial charge in [-0.15, -0.1) is 11.8 Å². The minimum Gasteiger partial charge on any atom is -0.505 e. The molecule has 0 radical (unpaired) electrons. The molecule has 33 heavy (non-hydrogen) atoms. The summed E-state index contributed by atoms with van der Waals surface area (Å²) in [4.78, 5) is 55.4. The summed E-state index contributed by atoms with van der Waals surface area (Å²) in [5.74, 6) is -3.24. The van der Waals surface area contributed by atoms with Crippen molar-refractivity contribution in [1.82, 2.24) is 20.5 Å². The monoisotopic (exact) mass is 470 g/mol. The molecule has 0 bridgehead atoms. The number of thioether (sulfide) groups is 1. The molecule has 0 saturated carbocycles. The molecular weight excluding hydrogens is 448 g/mol. The maximum atomic E-state index is 13.2. The topological polar surface area (TPSA) is 149 Å². The predicted octanol–water partition coefficient (Wildman–Crippen LogP) is 0.890. The van der Waals surface area contributed by atoms with Gasteiger partial charge in [-0.2, -0.15) is 0 Å². The maximum absolute atomic E-state index is 13.2. The standard InChI is InChI=1S/C22H22N4O6S/c1-22(2)16(21(31)32)26-19(30)15(20(26)33-22)25-18(29)14(11-6-4-3-5-7-11)24-17(28)12-8-9-23-10-13(12)27/h3-10,14-16,20,27H,1-2H3,(H,24,28)(H,25,29)(H,31,32)/t14?,15-,16+,20-/m1/s1. The number of pyridine rings is 1. The zero-order chi connectivity index (χ0) is 23.9. The average Bonchev–Trinajstić information content (AvgIpc) is 3.04. The first kappa shape index (κ1) is 22.6. The van der Waals surface area contributed by atoms with E-state index in [9.17, 15) is 29.4 Å². The van der Waals surface area contributed by atoms with Gasteiger partial charge in [-0.1, -0.05) is 30.3 Å². The molecule has 4 N–H and O–H groups in total. The highest BCUT2D eigenvalue weighted by Crippen LogP contribution is 2.50. The number of rotatable bonds is 6. The van der Waals surface area contributed by atoms with Gasteiger partial charge in [0.2, 0.25) is 11.8 Å². The van der Waals surface area contributed by atoms with Crippen molar-refractivity contribution in [1.29, 1.82) is 0 Å². The number of carbonyl (C=O) groups is 4. The highest BCUT2D eigenvalue weighted by Gasteiger charge is 2.64. The van der Waals surface area contributed by atoms with Crippen LogP contribution >= 0.6 is 11.8 Å². The molecule has 10 nitrogen and oxygen atoms in total. The van der Waals surface area contributed by atoms with Crippen LogP contribution in [-0.4, -0.2) is 66.0 Å². The molecule has 4 atom stereocenters. The normalized spacial score (nSPS) is 23.8. The largest absolute Gasteiger partial charge is 0.505 e. The van der Waals surface area contributed by atoms with Gasteiger partial charge in [-0.3, -0.25) is 19.4 Å². The van der Waals surface area contributed by atoms with Crippen LogP contribution in [0.3, 0.4) is 0 Å². The highest BCUT2D eigenvalue weighted by atomic mass is 32.2. The van der Waals surface area contributed by atoms with E-state index in [0.29, 0.717) is 5.56 Å². The number of β-lactam (4-membered cyclic amide) rings is 1. The van der Waals surface area contributed by atoms with E-state index in [1.165, 1.54) is 28.9 Å². The molecule has 1 aromatic carbocycles. The van der Waals surface area contributed by atoms with Crippen molar-refractivity contribution in [3.05, 3.63) is 59.9 Å². The van der Waals surface area contributed by atoms with Crippen LogP contribution in [0, 0.1) is 0 Å². The number of fused-ring (bicyclic) bond motifs is 1. The fraction of sp³-hybridized carbons (Fsp3) is 0.318. The molecule has 172 valence electrons. The van der Waals surface area contributed by atoms with Crippen LogP contribution in [0.5, 0.6) is 5.75 Å². The van der Waals surface area contributed by atoms with Gasteiger partial charge in [0, 0.05) is 10.9 Å². The van der Waals surface area contributed by atoms with Crippen molar-refractivity contribution >= 4 is 35.5 Å². The summed E-state index contributed by atoms with van der Waals surface area (Å²) < 4.78 is -0.725. The second kappa shape index (κ2) is 8.39. The summed E-state index contributed by atoms with van der Waals surface area (Å²) in [6.07, 6.45) is 2.46. The fourth-order valence-corrected chi connectivity index (χ4v) is 5.74. The Bertz CT molecular complexity index is 1120. The number of carbonyl (C=O) groups excluding carboxylic acids is 3. The van der Waals surface area contributed by atoms with Gasteiger partial charge in [0.25, 0.3) is 5.91 Å². The summed E-state index contributed by atoms with van der Waals surface area (Å²) in [7, 11) is 0. The quantitative estimate of drug-likeness (QED) is 0.455. The number of nitrogens with zero attached hydrogens (tertiary/aromatic N) is 2. The van der Waals surface area contributed by atoms with Crippen LogP contribution in [0.2, 0.25) is 0 Å². The van der Waals surface area contributed by atoms with Crippen molar-refractivity contribution in [2.24, 2.45) is 0 Å². The number of hydrogen-bond donors (Lipinski definition) is 4. The first-order chi connectivity index (χ1) is 15.6. The highest BCUT2D eigenvalue weighted by molar-refractivity contribution is 8.01. The third kappa shape index (κ3) is 3.99. The molecule has 1 unspecified atom stereocenters. The van der Waals surface area contributed by atoms with E-state index >= 15 is 0 Å². The summed E-state index contributed by atoms with van der Waals surface area (Å²) in [6, 6.07) is 6.73. The summed E-state index contributed by atoms with van der Waals surface area (Å²) in [5.41, 5.74) is 0.422. The Morgan fingerprint density at radius 1 is 1.18 bits per heavy atom. The molecule has 0 spiro atoms. The second-order valence-corrected chi connectivity index (χ2v) is 10.1. The van der Waals surface area contributed by atoms with E-state index in [4.69, 9.17) is 0 Å². The van der Waals surface area contributed by atoms with Gasteiger partial charge in [0.15, 0.2) is 0 Å². The van der Waals surface area contributed by atoms with E-state index in [1.54, 1.807) is 44.2 Å². The Morgan fingerprint density at radius 2 is 1.88 bits per heavy atom. The van der Waals surface area contributed by atoms with Crippen LogP contribution in [0.25, 0.3) is 0 Å². The molecule has 2 aromatic rings. The fourth-order valence-electron chi connectivity index (χ4n) is 4.11. The minimum atomic E-state index is -1.15. The van der Waals surface area contributed by atoms with Gasteiger partial charge in [0.05, 0.1) is 11.8 Å². The van der Waals surface area contributed by atoms with Crippen molar-refractivity contribution in [2.45, 2.75) is 42.1 Å². The summed E-state index contributed by atoms with van der Waals surface area (Å²) in [5, 5.41) is 24.2. The van der Waals surface area contributed by atoms with Gasteiger partial charge in [-0.25, -0.2) is 4.79 Å². The van der Waals surface area contributed by atoms with Crippen molar-refractivity contribution < 1.29 is 29.4 Å². The molecule has 3 amide bonds. The predicted molar refractivity (Wildman–Crippen MR) is 118 cm³/mol. The molecule has 1 aromatic heterocycles. The Kier molecular flexibility index (Phi) is 5.75. The zero-order valence-electron chi connectivity index (χ0n) is 17.8. The number of benzene rings is 1. The number of nitrogens with one attached hydrogen (secondary N) is 2. The van der Waals surface area contributed by atoms with Crippen molar-refractivity contribution in [2.75, 3.05) is 0 Å². The number of aromatic nitrogens is 1. The average molecular weight is 471 g/mol. The molecule has 4 rings (SSSR count). The lowest BCUT2D eigenvalue weighted by molar-refractivity contribution is -0.161. The van der Waals surface area contributed by atoms with Gasteiger partial charge in [-0.05, 0) is 25.5 Å². The zero-order valence-corrected chi connectivity index (χ0v) is 18.6. The van der Waals surface area contributed by atoms with E-state index < -0.39 is 51.9 Å². The Balaban J connectivity index is 1.55. The molecular formula is C22H22N4O6S. The SMILES string of the molecule is CC1(C)S[C@@H]2[C@H](NC(=O)C(NC(=O)c3ccncc3O)c3ccccc3)C(=O)N2[C@H]1C(=O)O. The van der Waals surface area contributed by atoms with Crippen molar-refractivity contribution in [3.8, 4) is 5.75 Å². The number of carboxylic acid groups (broad SMARTS) is 1. The summed E-state index contributed by atoms with van der Waals surface area (Å²) >= 11 is 1.31. The Hall–Kier alpha value is -3.60. The van der Waals surface area contributed by atoms with Gasteiger partial charge < -0.3 is 25.7 Å². The van der Waals surface area contributed by atoms with E-state index in [-0.39, 0.29) is 11.3 Å². The number of amides is 3. The maximum Gasteiger partial charge on any atom is 0.327 e. The number of carboxylic acids is 1. The lowest BCUT2D eigenvalue weighted by Crippen LogP contribution is -2.71. The van der Waals surface area contributed by atoms with Gasteiger partial charge >= 0.3 is 5.97 Å². The molecule has 2 saturated heterocycles. The van der Waals surface area contributed by atoms with E-state index in [0.717, 1.165) is 6.20 Å². The first-order valence-corrected chi connectivity index (χ1v) is 11.0. The van der Waals surface area contributed by atoms with Crippen LogP contribution in [0.4, 0.5) is 0 Å². The van der Waals surface area contributed by atoms with E-state index in [2.05, 4.69) is 15.6 Å². The minimum absolute atomic E-state index is 0.0537. The lowest BCUT2D eigenvalue weighted by atomic mass is 9.95. The number of hydrogen-bond acceptors (Lipinski definition) is 7. The third-order valence-corrected chi connectivity index (χ3v) is 7.26. The van der Waals surface area contributed by atoms with Crippen molar-refractivity contribution in [3.63, 3.8) is 0 Å². The molecule has 2 aliphatic heterocycles. The van der Waals surface area contributed by atoms with Gasteiger partial charge in [0.1, 0.15) is 29.2 Å². The van der Waals surface area contributed by atoms with Crippen LogP contribution in [0.15, 0.2) is 48.8 Å². The number of aromatic hydroxyl groups is 1. The lowest BCUT2D eigenvalue weighted by Gasteiger charge is -2.44. The molecule has 2 aliphatic rings. The molecule has 0 aliphatic carbocycles. The third-order valence-electron chi connectivity index (χ3n) is 5.69.